The summed E-state index contributed by atoms with van der Waals surface area (Å²) in [5.74, 6) is 0. The molecule has 1 saturated heterocycles. The van der Waals surface area contributed by atoms with Gasteiger partial charge in [0, 0.05) is 4.47 Å². The monoisotopic (exact) mass is 329 g/mol. The Bertz CT molecular complexity index is 469. The minimum absolute atomic E-state index is 0.0929. The minimum Gasteiger partial charge on any atom is -0.444 e. The molecule has 0 bridgehead atoms. The predicted molar refractivity (Wildman–Crippen MR) is 74.7 cm³/mol. The van der Waals surface area contributed by atoms with Crippen LogP contribution in [0.3, 0.4) is 0 Å². The maximum atomic E-state index is 13.8. The second-order valence-electron chi connectivity index (χ2n) is 5.65. The van der Waals surface area contributed by atoms with Crippen LogP contribution in [0.1, 0.15) is 32.4 Å². The maximum absolute atomic E-state index is 13.8. The third-order valence-corrected chi connectivity index (χ3v) is 3.42. The van der Waals surface area contributed by atoms with E-state index >= 15 is 0 Å². The zero-order valence-corrected chi connectivity index (χ0v) is 12.8. The lowest BCUT2D eigenvalue weighted by molar-refractivity contribution is -0.0414. The van der Waals surface area contributed by atoms with Crippen LogP contribution in [0.4, 0.5) is 9.18 Å². The lowest BCUT2D eigenvalue weighted by atomic mass is 9.93. The molecule has 3 nitrogen and oxygen atoms in total. The molecule has 1 amide bonds. The Morgan fingerprint density at radius 2 is 1.95 bits per heavy atom. The Morgan fingerprint density at radius 3 is 2.42 bits per heavy atom. The Labute approximate surface area is 120 Å². The first kappa shape index (κ1) is 14.3. The number of rotatable bonds is 1. The van der Waals surface area contributed by atoms with Crippen molar-refractivity contribution in [3.05, 3.63) is 34.3 Å². The fourth-order valence-corrected chi connectivity index (χ4v) is 2.28. The summed E-state index contributed by atoms with van der Waals surface area (Å²) in [7, 11) is 0. The van der Waals surface area contributed by atoms with Crippen LogP contribution in [0, 0.1) is 0 Å². The van der Waals surface area contributed by atoms with Gasteiger partial charge in [-0.05, 0) is 38.5 Å². The van der Waals surface area contributed by atoms with E-state index in [9.17, 15) is 9.18 Å². The summed E-state index contributed by atoms with van der Waals surface area (Å²) in [6, 6.07) is 6.78. The molecule has 0 spiro atoms. The highest BCUT2D eigenvalue weighted by Crippen LogP contribution is 2.37. The molecule has 5 heteroatoms. The van der Waals surface area contributed by atoms with Crippen LogP contribution in [0.25, 0.3) is 0 Å². The second-order valence-corrected chi connectivity index (χ2v) is 6.56. The Morgan fingerprint density at radius 1 is 1.37 bits per heavy atom. The van der Waals surface area contributed by atoms with Crippen LogP contribution in [0.2, 0.25) is 0 Å². The van der Waals surface area contributed by atoms with E-state index in [-0.39, 0.29) is 6.54 Å². The van der Waals surface area contributed by atoms with Gasteiger partial charge in [0.1, 0.15) is 11.8 Å². The van der Waals surface area contributed by atoms with Crippen LogP contribution >= 0.6 is 15.9 Å². The number of carbonyl (C=O) groups is 1. The molecular formula is C14H17BrFNO2. The van der Waals surface area contributed by atoms with E-state index in [0.29, 0.717) is 0 Å². The van der Waals surface area contributed by atoms with Crippen molar-refractivity contribution >= 4 is 22.0 Å². The molecule has 1 aliphatic heterocycles. The molecule has 19 heavy (non-hydrogen) atoms. The molecule has 2 rings (SSSR count). The van der Waals surface area contributed by atoms with Gasteiger partial charge in [0.25, 0.3) is 0 Å². The smallest absolute Gasteiger partial charge is 0.411 e. The number of benzene rings is 1. The quantitative estimate of drug-likeness (QED) is 0.776. The van der Waals surface area contributed by atoms with Crippen molar-refractivity contribution in [2.24, 2.45) is 0 Å². The summed E-state index contributed by atoms with van der Waals surface area (Å²) in [4.78, 5) is 13.4. The van der Waals surface area contributed by atoms with Gasteiger partial charge in [-0.1, -0.05) is 28.1 Å². The number of hydrogen-bond acceptors (Lipinski definition) is 2. The van der Waals surface area contributed by atoms with Crippen LogP contribution in [0.15, 0.2) is 28.7 Å². The second kappa shape index (κ2) is 5.12. The summed E-state index contributed by atoms with van der Waals surface area (Å²) >= 11 is 3.33. The lowest BCUT2D eigenvalue weighted by Gasteiger charge is -2.44. The molecule has 0 N–H and O–H groups in total. The van der Waals surface area contributed by atoms with Gasteiger partial charge in [-0.2, -0.15) is 0 Å². The molecule has 2 atom stereocenters. The number of alkyl halides is 1. The van der Waals surface area contributed by atoms with Gasteiger partial charge in [0.15, 0.2) is 0 Å². The van der Waals surface area contributed by atoms with Crippen LogP contribution < -0.4 is 0 Å². The van der Waals surface area contributed by atoms with Crippen molar-refractivity contribution in [3.63, 3.8) is 0 Å². The van der Waals surface area contributed by atoms with Crippen LogP contribution in [0.5, 0.6) is 0 Å². The first-order valence-corrected chi connectivity index (χ1v) is 6.96. The van der Waals surface area contributed by atoms with Gasteiger partial charge in [-0.3, -0.25) is 4.90 Å². The molecule has 2 unspecified atom stereocenters. The fraction of sp³-hybridized carbons (Fsp3) is 0.500. The maximum Gasteiger partial charge on any atom is 0.411 e. The largest absolute Gasteiger partial charge is 0.444 e. The first-order valence-electron chi connectivity index (χ1n) is 6.17. The molecule has 1 aliphatic rings. The van der Waals surface area contributed by atoms with Crippen LogP contribution in [-0.2, 0) is 4.74 Å². The van der Waals surface area contributed by atoms with Crippen molar-refractivity contribution in [3.8, 4) is 0 Å². The van der Waals surface area contributed by atoms with Crippen molar-refractivity contribution in [2.75, 3.05) is 6.54 Å². The summed E-state index contributed by atoms with van der Waals surface area (Å²) in [5, 5.41) is 0. The van der Waals surface area contributed by atoms with Crippen LogP contribution in [-0.4, -0.2) is 29.3 Å². The van der Waals surface area contributed by atoms with Gasteiger partial charge in [-0.25, -0.2) is 9.18 Å². The molecule has 0 aromatic heterocycles. The number of carbonyl (C=O) groups excluding carboxylic acids is 1. The van der Waals surface area contributed by atoms with Gasteiger partial charge in [0.2, 0.25) is 0 Å². The number of amides is 1. The molecule has 1 aromatic carbocycles. The summed E-state index contributed by atoms with van der Waals surface area (Å²) < 4.78 is 20.0. The number of nitrogens with zero attached hydrogens (tertiary/aromatic N) is 1. The van der Waals surface area contributed by atoms with Crippen molar-refractivity contribution in [1.29, 1.82) is 0 Å². The zero-order chi connectivity index (χ0) is 14.2. The average Bonchev–Trinajstić information content (AvgIpc) is 2.26. The van der Waals surface area contributed by atoms with E-state index in [4.69, 9.17) is 4.74 Å². The normalized spacial score (nSPS) is 22.9. The van der Waals surface area contributed by atoms with Crippen molar-refractivity contribution < 1.29 is 13.9 Å². The highest BCUT2D eigenvalue weighted by molar-refractivity contribution is 9.10. The van der Waals surface area contributed by atoms with Crippen molar-refractivity contribution in [1.82, 2.24) is 4.90 Å². The van der Waals surface area contributed by atoms with E-state index in [1.807, 2.05) is 24.3 Å². The third kappa shape index (κ3) is 3.26. The fourth-order valence-electron chi connectivity index (χ4n) is 2.02. The Kier molecular flexibility index (Phi) is 3.85. The summed E-state index contributed by atoms with van der Waals surface area (Å²) in [6.07, 6.45) is -1.50. The Balaban J connectivity index is 2.11. The predicted octanol–water partition coefficient (Wildman–Crippen LogP) is 4.08. The summed E-state index contributed by atoms with van der Waals surface area (Å²) in [5.41, 5.74) is 0.218. The number of hydrogen-bond donors (Lipinski definition) is 0. The van der Waals surface area contributed by atoms with E-state index in [0.717, 1.165) is 10.0 Å². The SMILES string of the molecule is CC(C)(C)OC(=O)N1CC(F)C1c1ccc(Br)cc1. The zero-order valence-electron chi connectivity index (χ0n) is 11.2. The van der Waals surface area contributed by atoms with E-state index in [2.05, 4.69) is 15.9 Å². The van der Waals surface area contributed by atoms with Gasteiger partial charge in [0.05, 0.1) is 12.6 Å². The number of likely N-dealkylation sites (tertiary alicyclic amines) is 1. The molecule has 104 valence electrons. The van der Waals surface area contributed by atoms with E-state index in [1.54, 1.807) is 20.8 Å². The molecule has 1 heterocycles. The third-order valence-electron chi connectivity index (χ3n) is 2.89. The minimum atomic E-state index is -1.03. The van der Waals surface area contributed by atoms with E-state index in [1.165, 1.54) is 4.90 Å². The topological polar surface area (TPSA) is 29.5 Å². The molecular weight excluding hydrogens is 313 g/mol. The van der Waals surface area contributed by atoms with E-state index < -0.39 is 23.9 Å². The lowest BCUT2D eigenvalue weighted by Crippen LogP contribution is -2.55. The average molecular weight is 330 g/mol. The van der Waals surface area contributed by atoms with Gasteiger partial charge >= 0.3 is 6.09 Å². The highest BCUT2D eigenvalue weighted by Gasteiger charge is 2.45. The first-order chi connectivity index (χ1) is 8.78. The summed E-state index contributed by atoms with van der Waals surface area (Å²) in [6.45, 7) is 5.49. The molecule has 1 aromatic rings. The standard InChI is InChI=1S/C14H17BrFNO2/c1-14(2,3)19-13(18)17-8-11(16)12(17)9-4-6-10(15)7-5-9/h4-7,11-12H,8H2,1-3H3. The van der Waals surface area contributed by atoms with Gasteiger partial charge < -0.3 is 4.74 Å². The molecule has 0 saturated carbocycles. The molecule has 0 radical (unpaired) electrons. The molecule has 1 fully saturated rings. The number of ether oxygens (including phenoxy) is 1. The van der Waals surface area contributed by atoms with Gasteiger partial charge in [-0.15, -0.1) is 0 Å². The number of halogens is 2. The molecule has 0 aliphatic carbocycles. The highest BCUT2D eigenvalue weighted by atomic mass is 79.9. The van der Waals surface area contributed by atoms with Crippen molar-refractivity contribution in [2.45, 2.75) is 38.6 Å². The Hall–Kier alpha value is -1.10.